The number of methoxy groups -OCH3 is 1. The summed E-state index contributed by atoms with van der Waals surface area (Å²) in [5, 5.41) is 8.09. The summed E-state index contributed by atoms with van der Waals surface area (Å²) in [6.45, 7) is 4.57. The van der Waals surface area contributed by atoms with E-state index in [9.17, 15) is 22.8 Å². The molecule has 3 heterocycles. The highest BCUT2D eigenvalue weighted by atomic mass is 35.5. The van der Waals surface area contributed by atoms with E-state index < -0.39 is 30.7 Å². The second-order valence-corrected chi connectivity index (χ2v) is 9.37. The van der Waals surface area contributed by atoms with Crippen LogP contribution < -0.4 is 15.8 Å². The van der Waals surface area contributed by atoms with E-state index in [1.807, 2.05) is 20.8 Å². The van der Waals surface area contributed by atoms with Gasteiger partial charge in [0.2, 0.25) is 0 Å². The Bertz CT molecular complexity index is 1620. The Morgan fingerprint density at radius 3 is 2.56 bits per heavy atom. The van der Waals surface area contributed by atoms with E-state index in [-0.39, 0.29) is 12.2 Å². The number of aromatic nitrogens is 5. The van der Waals surface area contributed by atoms with Gasteiger partial charge >= 0.3 is 12.1 Å². The highest BCUT2D eigenvalue weighted by Gasteiger charge is 2.40. The van der Waals surface area contributed by atoms with Crippen molar-refractivity contribution in [2.24, 2.45) is 0 Å². The summed E-state index contributed by atoms with van der Waals surface area (Å²) >= 11 is 6.66. The molecule has 0 spiro atoms. The molecule has 0 radical (unpaired) electrons. The van der Waals surface area contributed by atoms with Crippen LogP contribution in [-0.4, -0.2) is 63.0 Å². The third-order valence-electron chi connectivity index (χ3n) is 6.36. The molecule has 3 N–H and O–H groups in total. The zero-order valence-corrected chi connectivity index (χ0v) is 23.1. The number of aryl methyl sites for hydroxylation is 1. The van der Waals surface area contributed by atoms with Crippen molar-refractivity contribution in [2.45, 2.75) is 33.0 Å². The Hall–Kier alpha value is -4.46. The number of carbonyl (C=O) groups is 2. The number of nitrogens with two attached hydrogens (primary N) is 1. The van der Waals surface area contributed by atoms with E-state index in [1.165, 1.54) is 25.7 Å². The molecule has 0 aliphatic heterocycles. The van der Waals surface area contributed by atoms with Gasteiger partial charge in [0.05, 0.1) is 30.8 Å². The molecule has 1 amide bonds. The monoisotopic (exact) mass is 591 g/mol. The van der Waals surface area contributed by atoms with Crippen LogP contribution in [0.5, 0.6) is 5.75 Å². The summed E-state index contributed by atoms with van der Waals surface area (Å²) in [6.07, 6.45) is -2.28. The van der Waals surface area contributed by atoms with Gasteiger partial charge in [0, 0.05) is 27.9 Å². The first-order chi connectivity index (χ1) is 19.3. The maximum atomic E-state index is 12.4. The van der Waals surface area contributed by atoms with Crippen LogP contribution in [0.4, 0.5) is 19.0 Å². The summed E-state index contributed by atoms with van der Waals surface area (Å²) in [4.78, 5) is 35.8. The second kappa shape index (κ2) is 11.6. The topological polar surface area (TPSA) is 147 Å². The molecule has 4 rings (SSSR count). The first-order valence-corrected chi connectivity index (χ1v) is 12.5. The van der Waals surface area contributed by atoms with Gasteiger partial charge in [-0.1, -0.05) is 17.7 Å². The number of rotatable bonds is 8. The quantitative estimate of drug-likeness (QED) is 0.227. The minimum Gasteiger partial charge on any atom is -0.496 e. The first-order valence-electron chi connectivity index (χ1n) is 12.2. The average molecular weight is 592 g/mol. The zero-order chi connectivity index (χ0) is 30.1. The lowest BCUT2D eigenvalue weighted by Crippen LogP contribution is -2.32. The first kappa shape index (κ1) is 29.5. The number of amides is 1. The molecular weight excluding hydrogens is 567 g/mol. The van der Waals surface area contributed by atoms with Crippen LogP contribution in [0.25, 0.3) is 22.2 Å². The number of halogens is 4. The molecule has 216 valence electrons. The molecule has 11 nitrogen and oxygen atoms in total. The summed E-state index contributed by atoms with van der Waals surface area (Å²) in [7, 11) is 1.52. The molecule has 4 aromatic rings. The number of nitrogens with one attached hydrogen (secondary N) is 1. The van der Waals surface area contributed by atoms with Gasteiger partial charge in [0.25, 0.3) is 5.91 Å². The number of nitrogens with zero attached hydrogens (tertiary/aromatic N) is 5. The van der Waals surface area contributed by atoms with Gasteiger partial charge in [-0.25, -0.2) is 19.4 Å². The number of nitrogen functional groups attached to an aromatic ring is 1. The van der Waals surface area contributed by atoms with E-state index in [4.69, 9.17) is 22.1 Å². The Balaban J connectivity index is 1.62. The van der Waals surface area contributed by atoms with Gasteiger partial charge in [-0.05, 0) is 38.5 Å². The van der Waals surface area contributed by atoms with Crippen molar-refractivity contribution in [3.63, 3.8) is 0 Å². The molecule has 0 bridgehead atoms. The van der Waals surface area contributed by atoms with Crippen LogP contribution in [0.3, 0.4) is 0 Å². The van der Waals surface area contributed by atoms with Gasteiger partial charge < -0.3 is 20.5 Å². The maximum absolute atomic E-state index is 12.4. The third kappa shape index (κ3) is 5.87. The van der Waals surface area contributed by atoms with Crippen LogP contribution in [0.2, 0.25) is 5.02 Å². The number of alkyl halides is 3. The van der Waals surface area contributed by atoms with Crippen LogP contribution >= 0.6 is 11.6 Å². The van der Waals surface area contributed by atoms with Crippen molar-refractivity contribution in [3.05, 3.63) is 58.3 Å². The molecule has 1 unspecified atom stereocenters. The SMILES string of the molecule is COc1c(C(C)n2nc(C)c3c(N)ncnc32)cc(Cl)c(C)c1-c1ccc(C(=O)NCCOC(=O)C(F)(F)F)nc1. The number of fused-ring (bicyclic) bond motifs is 1. The minimum atomic E-state index is -5.11. The number of esters is 1. The number of hydrogen-bond acceptors (Lipinski definition) is 9. The molecule has 0 fully saturated rings. The fourth-order valence-corrected chi connectivity index (χ4v) is 4.56. The molecule has 41 heavy (non-hydrogen) atoms. The highest BCUT2D eigenvalue weighted by Crippen LogP contribution is 2.43. The normalized spacial score (nSPS) is 12.3. The largest absolute Gasteiger partial charge is 0.496 e. The smallest absolute Gasteiger partial charge is 0.490 e. The molecular formula is C26H25ClF3N7O4. The Morgan fingerprint density at radius 2 is 1.93 bits per heavy atom. The number of hydrogen-bond donors (Lipinski definition) is 2. The summed E-state index contributed by atoms with van der Waals surface area (Å²) in [5.74, 6) is -2.17. The van der Waals surface area contributed by atoms with Gasteiger partial charge in [0.15, 0.2) is 5.65 Å². The third-order valence-corrected chi connectivity index (χ3v) is 6.75. The van der Waals surface area contributed by atoms with E-state index in [0.717, 1.165) is 0 Å². The van der Waals surface area contributed by atoms with Gasteiger partial charge in [0.1, 0.15) is 30.2 Å². The fraction of sp³-hybridized carbons (Fsp3) is 0.308. The lowest BCUT2D eigenvalue weighted by Gasteiger charge is -2.22. The van der Waals surface area contributed by atoms with Crippen molar-refractivity contribution >= 4 is 40.3 Å². The number of anilines is 1. The van der Waals surface area contributed by atoms with Crippen molar-refractivity contribution in [2.75, 3.05) is 26.0 Å². The standard InChI is InChI=1S/C26H25ClF3N7O4/c1-12-17(27)9-16(14(3)37-23-20(13(2)36-37)22(31)34-11-35-23)21(40-4)19(12)15-5-6-18(33-10-15)24(38)32-7-8-41-25(39)26(28,29)30/h5-6,9-11,14H,7-8H2,1-4H3,(H,32,38)(H2,31,34,35). The van der Waals surface area contributed by atoms with Crippen LogP contribution in [0.15, 0.2) is 30.7 Å². The Labute approximate surface area is 236 Å². The van der Waals surface area contributed by atoms with Crippen molar-refractivity contribution in [1.82, 2.24) is 30.0 Å². The zero-order valence-electron chi connectivity index (χ0n) is 22.3. The molecule has 0 aliphatic rings. The fourth-order valence-electron chi connectivity index (χ4n) is 4.35. The molecule has 15 heteroatoms. The molecule has 1 atom stereocenters. The number of benzene rings is 1. The second-order valence-electron chi connectivity index (χ2n) is 8.97. The van der Waals surface area contributed by atoms with Crippen molar-refractivity contribution in [3.8, 4) is 16.9 Å². The maximum Gasteiger partial charge on any atom is 0.490 e. The van der Waals surface area contributed by atoms with Crippen LogP contribution in [0.1, 0.15) is 40.3 Å². The Morgan fingerprint density at radius 1 is 1.20 bits per heavy atom. The predicted octanol–water partition coefficient (Wildman–Crippen LogP) is 4.19. The molecule has 0 aliphatic carbocycles. The van der Waals surface area contributed by atoms with Gasteiger partial charge in [-0.15, -0.1) is 0 Å². The minimum absolute atomic E-state index is 0.00102. The summed E-state index contributed by atoms with van der Waals surface area (Å²) in [6, 6.07) is 4.48. The number of carbonyl (C=O) groups excluding carboxylic acids is 2. The van der Waals surface area contributed by atoms with Gasteiger partial charge in [-0.2, -0.15) is 18.3 Å². The van der Waals surface area contributed by atoms with Gasteiger partial charge in [-0.3, -0.25) is 9.78 Å². The van der Waals surface area contributed by atoms with Crippen LogP contribution in [-0.2, 0) is 9.53 Å². The summed E-state index contributed by atoms with van der Waals surface area (Å²) < 4.78 is 48.3. The molecule has 0 saturated carbocycles. The van der Waals surface area contributed by atoms with E-state index in [1.54, 1.807) is 16.8 Å². The molecule has 3 aromatic heterocycles. The van der Waals surface area contributed by atoms with Crippen LogP contribution in [0, 0.1) is 13.8 Å². The number of ether oxygens (including phenoxy) is 2. The predicted molar refractivity (Wildman–Crippen MR) is 144 cm³/mol. The molecule has 1 aromatic carbocycles. The lowest BCUT2D eigenvalue weighted by molar-refractivity contribution is -0.199. The average Bonchev–Trinajstić information content (AvgIpc) is 3.28. The highest BCUT2D eigenvalue weighted by molar-refractivity contribution is 6.32. The van der Waals surface area contributed by atoms with Crippen molar-refractivity contribution < 1.29 is 32.2 Å². The lowest BCUT2D eigenvalue weighted by atomic mass is 9.94. The van der Waals surface area contributed by atoms with E-state index in [2.05, 4.69) is 30.1 Å². The Kier molecular flexibility index (Phi) is 8.33. The van der Waals surface area contributed by atoms with E-state index in [0.29, 0.717) is 55.6 Å². The van der Waals surface area contributed by atoms with E-state index >= 15 is 0 Å². The van der Waals surface area contributed by atoms with Crippen molar-refractivity contribution in [1.29, 1.82) is 0 Å². The molecule has 0 saturated heterocycles. The summed E-state index contributed by atoms with van der Waals surface area (Å²) in [5.41, 5.74) is 9.92. The number of pyridine rings is 1.